The summed E-state index contributed by atoms with van der Waals surface area (Å²) < 4.78 is 10.8. The lowest BCUT2D eigenvalue weighted by Crippen LogP contribution is -2.38. The topological polar surface area (TPSA) is 76.7 Å². The quantitative estimate of drug-likeness (QED) is 0.735. The summed E-state index contributed by atoms with van der Waals surface area (Å²) in [6.45, 7) is 4.52. The van der Waals surface area contributed by atoms with Crippen LogP contribution in [-0.2, 0) is 9.59 Å². The number of rotatable bonds is 8. The first-order valence-electron chi connectivity index (χ1n) is 6.55. The molecule has 0 saturated carbocycles. The van der Waals surface area contributed by atoms with Crippen LogP contribution in [0.15, 0.2) is 24.3 Å². The molecule has 0 bridgehead atoms. The van der Waals surface area contributed by atoms with E-state index in [1.165, 1.54) is 0 Å². The molecule has 0 aromatic heterocycles. The van der Waals surface area contributed by atoms with Crippen molar-refractivity contribution in [3.8, 4) is 11.5 Å². The highest BCUT2D eigenvalue weighted by Gasteiger charge is 2.08. The first-order chi connectivity index (χ1) is 9.67. The number of carbonyl (C=O) groups is 2. The molecule has 1 rings (SSSR count). The maximum atomic E-state index is 11.5. The van der Waals surface area contributed by atoms with Gasteiger partial charge in [0, 0.05) is 6.54 Å². The van der Waals surface area contributed by atoms with Gasteiger partial charge in [-0.05, 0) is 26.0 Å². The van der Waals surface area contributed by atoms with Crippen LogP contribution in [0.25, 0.3) is 0 Å². The summed E-state index contributed by atoms with van der Waals surface area (Å²) in [5, 5.41) is 5.06. The van der Waals surface area contributed by atoms with Gasteiger partial charge >= 0.3 is 0 Å². The molecule has 1 aromatic carbocycles. The molecule has 2 N–H and O–H groups in total. The Kier molecular flexibility index (Phi) is 6.95. The van der Waals surface area contributed by atoms with E-state index in [1.54, 1.807) is 18.2 Å². The fourth-order valence-electron chi connectivity index (χ4n) is 1.48. The van der Waals surface area contributed by atoms with E-state index in [1.807, 2.05) is 19.9 Å². The molecule has 1 aromatic rings. The third-order valence-corrected chi connectivity index (χ3v) is 2.33. The summed E-state index contributed by atoms with van der Waals surface area (Å²) in [5.41, 5.74) is 0. The zero-order valence-corrected chi connectivity index (χ0v) is 11.8. The second-order valence-electron chi connectivity index (χ2n) is 3.90. The van der Waals surface area contributed by atoms with Crippen LogP contribution in [0.1, 0.15) is 13.8 Å². The minimum Gasteiger partial charge on any atom is -0.490 e. The maximum absolute atomic E-state index is 11.5. The van der Waals surface area contributed by atoms with Crippen LogP contribution in [0.3, 0.4) is 0 Å². The lowest BCUT2D eigenvalue weighted by molar-refractivity contribution is -0.127. The first-order valence-corrected chi connectivity index (χ1v) is 6.55. The molecule has 0 saturated heterocycles. The average molecular weight is 280 g/mol. The highest BCUT2D eigenvalue weighted by Crippen LogP contribution is 2.26. The number of nitrogens with one attached hydrogen (secondary N) is 2. The Morgan fingerprint density at radius 3 is 2.25 bits per heavy atom. The van der Waals surface area contributed by atoms with Gasteiger partial charge in [0.1, 0.15) is 0 Å². The Bertz CT molecular complexity index is 449. The van der Waals surface area contributed by atoms with Gasteiger partial charge in [-0.2, -0.15) is 0 Å². The Hall–Kier alpha value is -2.24. The molecule has 20 heavy (non-hydrogen) atoms. The maximum Gasteiger partial charge on any atom is 0.258 e. The van der Waals surface area contributed by atoms with Gasteiger partial charge in [0.25, 0.3) is 5.91 Å². The van der Waals surface area contributed by atoms with Crippen molar-refractivity contribution >= 4 is 11.8 Å². The third kappa shape index (κ3) is 5.60. The predicted molar refractivity (Wildman–Crippen MR) is 74.8 cm³/mol. The molecular weight excluding hydrogens is 260 g/mol. The molecule has 0 unspecified atom stereocenters. The summed E-state index contributed by atoms with van der Waals surface area (Å²) >= 11 is 0. The lowest BCUT2D eigenvalue weighted by Gasteiger charge is -2.11. The number of para-hydroxylation sites is 2. The third-order valence-electron chi connectivity index (χ3n) is 2.33. The number of benzene rings is 1. The second-order valence-corrected chi connectivity index (χ2v) is 3.90. The van der Waals surface area contributed by atoms with Gasteiger partial charge in [-0.25, -0.2) is 0 Å². The van der Waals surface area contributed by atoms with E-state index >= 15 is 0 Å². The van der Waals surface area contributed by atoms with Crippen molar-refractivity contribution in [3.63, 3.8) is 0 Å². The van der Waals surface area contributed by atoms with Crippen LogP contribution in [-0.4, -0.2) is 38.1 Å². The van der Waals surface area contributed by atoms with Crippen LogP contribution in [0.2, 0.25) is 0 Å². The van der Waals surface area contributed by atoms with Crippen molar-refractivity contribution in [1.82, 2.24) is 10.6 Å². The second kappa shape index (κ2) is 8.79. The molecule has 0 fully saturated rings. The van der Waals surface area contributed by atoms with E-state index in [9.17, 15) is 9.59 Å². The lowest BCUT2D eigenvalue weighted by atomic mass is 10.3. The molecule has 0 aliphatic heterocycles. The smallest absolute Gasteiger partial charge is 0.258 e. The number of carbonyl (C=O) groups excluding carboxylic acids is 2. The molecule has 0 atom stereocenters. The van der Waals surface area contributed by atoms with Gasteiger partial charge in [0.05, 0.1) is 13.2 Å². The Balaban J connectivity index is 2.39. The molecule has 6 nitrogen and oxygen atoms in total. The fraction of sp³-hybridized carbons (Fsp3) is 0.429. The number of amides is 2. The van der Waals surface area contributed by atoms with Crippen molar-refractivity contribution in [2.75, 3.05) is 26.3 Å². The fourth-order valence-corrected chi connectivity index (χ4v) is 1.48. The SMILES string of the molecule is CCNC(=O)CNC(=O)COc1ccccc1OCC. The minimum absolute atomic E-state index is 0.0524. The van der Waals surface area contributed by atoms with Gasteiger partial charge in [-0.15, -0.1) is 0 Å². The number of hydrogen-bond donors (Lipinski definition) is 2. The highest BCUT2D eigenvalue weighted by molar-refractivity contribution is 5.85. The van der Waals surface area contributed by atoms with E-state index in [0.717, 1.165) is 0 Å². The van der Waals surface area contributed by atoms with Gasteiger partial charge in [0.2, 0.25) is 5.91 Å². The number of likely N-dealkylation sites (N-methyl/N-ethyl adjacent to an activating group) is 1. The minimum atomic E-state index is -0.359. The van der Waals surface area contributed by atoms with Gasteiger partial charge in [0.15, 0.2) is 18.1 Å². The van der Waals surface area contributed by atoms with Crippen molar-refractivity contribution in [2.24, 2.45) is 0 Å². The summed E-state index contributed by atoms with van der Waals surface area (Å²) in [6.07, 6.45) is 0. The van der Waals surface area contributed by atoms with Crippen LogP contribution in [0.4, 0.5) is 0 Å². The molecule has 0 spiro atoms. The van der Waals surface area contributed by atoms with Crippen molar-refractivity contribution in [2.45, 2.75) is 13.8 Å². The average Bonchev–Trinajstić information content (AvgIpc) is 2.45. The number of hydrogen-bond acceptors (Lipinski definition) is 4. The summed E-state index contributed by atoms with van der Waals surface area (Å²) in [7, 11) is 0. The monoisotopic (exact) mass is 280 g/mol. The van der Waals surface area contributed by atoms with Crippen LogP contribution < -0.4 is 20.1 Å². The van der Waals surface area contributed by atoms with Crippen LogP contribution >= 0.6 is 0 Å². The van der Waals surface area contributed by atoms with E-state index in [4.69, 9.17) is 9.47 Å². The molecule has 110 valence electrons. The van der Waals surface area contributed by atoms with Gasteiger partial charge in [-0.1, -0.05) is 12.1 Å². The normalized spacial score (nSPS) is 9.70. The Morgan fingerprint density at radius 2 is 1.65 bits per heavy atom. The number of ether oxygens (including phenoxy) is 2. The van der Waals surface area contributed by atoms with E-state index in [2.05, 4.69) is 10.6 Å². The molecule has 6 heteroatoms. The molecule has 2 amide bonds. The molecule has 0 radical (unpaired) electrons. The molecule has 0 aliphatic rings. The first kappa shape index (κ1) is 15.8. The zero-order chi connectivity index (χ0) is 14.8. The van der Waals surface area contributed by atoms with Crippen molar-refractivity contribution in [3.05, 3.63) is 24.3 Å². The van der Waals surface area contributed by atoms with Gasteiger partial charge in [-0.3, -0.25) is 9.59 Å². The van der Waals surface area contributed by atoms with Crippen LogP contribution in [0, 0.1) is 0 Å². The Labute approximate surface area is 118 Å². The van der Waals surface area contributed by atoms with E-state index in [0.29, 0.717) is 24.7 Å². The summed E-state index contributed by atoms with van der Waals surface area (Å²) in [5.74, 6) is 0.507. The predicted octanol–water partition coefficient (Wildman–Crippen LogP) is 0.716. The van der Waals surface area contributed by atoms with Crippen LogP contribution in [0.5, 0.6) is 11.5 Å². The summed E-state index contributed by atoms with van der Waals surface area (Å²) in [6, 6.07) is 7.12. The van der Waals surface area contributed by atoms with E-state index in [-0.39, 0.29) is 25.0 Å². The van der Waals surface area contributed by atoms with Crippen molar-refractivity contribution in [1.29, 1.82) is 0 Å². The molecule has 0 heterocycles. The highest BCUT2D eigenvalue weighted by atomic mass is 16.5. The summed E-state index contributed by atoms with van der Waals surface area (Å²) in [4.78, 5) is 22.7. The Morgan fingerprint density at radius 1 is 1.00 bits per heavy atom. The molecule has 0 aliphatic carbocycles. The van der Waals surface area contributed by atoms with Crippen molar-refractivity contribution < 1.29 is 19.1 Å². The standard InChI is InChI=1S/C14H20N2O4/c1-3-15-13(17)9-16-14(18)10-20-12-8-6-5-7-11(12)19-4-2/h5-8H,3-4,9-10H2,1-2H3,(H,15,17)(H,16,18). The van der Waals surface area contributed by atoms with E-state index < -0.39 is 0 Å². The van der Waals surface area contributed by atoms with Gasteiger partial charge < -0.3 is 20.1 Å². The largest absolute Gasteiger partial charge is 0.490 e. The zero-order valence-electron chi connectivity index (χ0n) is 11.8. The molecular formula is C14H20N2O4.